The highest BCUT2D eigenvalue weighted by atomic mass is 16.5. The quantitative estimate of drug-likeness (QED) is 0.560. The number of nitrogens with zero attached hydrogens (tertiary/aromatic N) is 1. The van der Waals surface area contributed by atoms with Gasteiger partial charge in [0.2, 0.25) is 0 Å². The second-order valence-corrected chi connectivity index (χ2v) is 8.83. The second-order valence-electron chi connectivity index (χ2n) is 8.83. The van der Waals surface area contributed by atoms with Crippen molar-refractivity contribution in [2.24, 2.45) is 0 Å². The Bertz CT molecular complexity index is 993. The van der Waals surface area contributed by atoms with Crippen molar-refractivity contribution >= 4 is 5.97 Å². The first-order chi connectivity index (χ1) is 13.6. The van der Waals surface area contributed by atoms with E-state index in [-0.39, 0.29) is 23.4 Å². The van der Waals surface area contributed by atoms with Crippen LogP contribution in [0.5, 0.6) is 5.75 Å². The first-order valence-corrected chi connectivity index (χ1v) is 10.1. The summed E-state index contributed by atoms with van der Waals surface area (Å²) in [7, 11) is 0. The summed E-state index contributed by atoms with van der Waals surface area (Å²) in [5.41, 5.74) is 4.39. The van der Waals surface area contributed by atoms with Crippen LogP contribution in [0.2, 0.25) is 0 Å². The van der Waals surface area contributed by atoms with Gasteiger partial charge in [0.15, 0.2) is 0 Å². The molecular formula is C25H29NO3. The van der Waals surface area contributed by atoms with Gasteiger partial charge in [-0.1, -0.05) is 25.8 Å². The molecule has 0 unspecified atom stereocenters. The van der Waals surface area contributed by atoms with Gasteiger partial charge in [0, 0.05) is 17.3 Å². The monoisotopic (exact) mass is 391 g/mol. The van der Waals surface area contributed by atoms with Gasteiger partial charge in [-0.15, -0.1) is 0 Å². The van der Waals surface area contributed by atoms with Gasteiger partial charge < -0.3 is 9.47 Å². The number of fused-ring (bicyclic) bond motifs is 1. The van der Waals surface area contributed by atoms with Crippen LogP contribution in [0.15, 0.2) is 30.5 Å². The molecule has 0 aliphatic carbocycles. The third-order valence-corrected chi connectivity index (χ3v) is 5.16. The SMILES string of the molecule is CCOC(=O)Cc1cccnc1C#Cc1cc2c(cc1C)OC(C)(C)CC2(C)C. The maximum absolute atomic E-state index is 11.9. The molecule has 152 valence electrons. The minimum Gasteiger partial charge on any atom is -0.488 e. The number of carbonyl (C=O) groups excluding carboxylic acids is 1. The third-order valence-electron chi connectivity index (χ3n) is 5.16. The van der Waals surface area contributed by atoms with Crippen LogP contribution in [0.1, 0.15) is 69.0 Å². The topological polar surface area (TPSA) is 48.4 Å². The Morgan fingerprint density at radius 3 is 2.72 bits per heavy atom. The summed E-state index contributed by atoms with van der Waals surface area (Å²) >= 11 is 0. The first-order valence-electron chi connectivity index (χ1n) is 10.1. The fourth-order valence-electron chi connectivity index (χ4n) is 4.11. The Balaban J connectivity index is 1.96. The lowest BCUT2D eigenvalue weighted by Gasteiger charge is -2.42. The molecule has 0 spiro atoms. The number of ether oxygens (including phenoxy) is 2. The van der Waals surface area contributed by atoms with Gasteiger partial charge in [-0.3, -0.25) is 4.79 Å². The summed E-state index contributed by atoms with van der Waals surface area (Å²) in [6.45, 7) is 13.0. The number of carbonyl (C=O) groups is 1. The van der Waals surface area contributed by atoms with Gasteiger partial charge in [0.1, 0.15) is 17.0 Å². The Morgan fingerprint density at radius 1 is 1.24 bits per heavy atom. The van der Waals surface area contributed by atoms with Gasteiger partial charge in [-0.05, 0) is 74.8 Å². The van der Waals surface area contributed by atoms with Crippen molar-refractivity contribution in [2.45, 2.75) is 65.4 Å². The summed E-state index contributed by atoms with van der Waals surface area (Å²) in [6, 6.07) is 7.90. The van der Waals surface area contributed by atoms with Crippen LogP contribution in [-0.4, -0.2) is 23.2 Å². The molecule has 0 fully saturated rings. The molecule has 2 aromatic rings. The van der Waals surface area contributed by atoms with E-state index in [0.717, 1.165) is 28.9 Å². The van der Waals surface area contributed by atoms with Crippen LogP contribution in [0.3, 0.4) is 0 Å². The average molecular weight is 392 g/mol. The lowest BCUT2D eigenvalue weighted by Crippen LogP contribution is -2.41. The number of pyridine rings is 1. The third kappa shape index (κ3) is 4.79. The zero-order valence-electron chi connectivity index (χ0n) is 18.2. The van der Waals surface area contributed by atoms with Crippen LogP contribution in [0.4, 0.5) is 0 Å². The molecule has 0 amide bonds. The van der Waals surface area contributed by atoms with E-state index in [1.807, 2.05) is 19.1 Å². The molecule has 4 heteroatoms. The van der Waals surface area contributed by atoms with Crippen molar-refractivity contribution in [3.8, 4) is 17.6 Å². The van der Waals surface area contributed by atoms with E-state index >= 15 is 0 Å². The number of hydrogen-bond donors (Lipinski definition) is 0. The van der Waals surface area contributed by atoms with Gasteiger partial charge in [0.05, 0.1) is 13.0 Å². The molecule has 0 atom stereocenters. The molecular weight excluding hydrogens is 362 g/mol. The lowest BCUT2D eigenvalue weighted by molar-refractivity contribution is -0.142. The Hall–Kier alpha value is -2.80. The van der Waals surface area contributed by atoms with Gasteiger partial charge in [-0.25, -0.2) is 4.98 Å². The molecule has 0 saturated heterocycles. The van der Waals surface area contributed by atoms with Crippen molar-refractivity contribution in [3.05, 3.63) is 58.4 Å². The van der Waals surface area contributed by atoms with Crippen molar-refractivity contribution in [2.75, 3.05) is 6.61 Å². The summed E-state index contributed by atoms with van der Waals surface area (Å²) in [5.74, 6) is 7.09. The van der Waals surface area contributed by atoms with E-state index in [2.05, 4.69) is 56.7 Å². The molecule has 0 radical (unpaired) electrons. The summed E-state index contributed by atoms with van der Waals surface area (Å²) in [4.78, 5) is 16.2. The predicted octanol–water partition coefficient (Wildman–Crippen LogP) is 4.73. The second kappa shape index (κ2) is 7.91. The molecule has 4 nitrogen and oxygen atoms in total. The van der Waals surface area contributed by atoms with Gasteiger partial charge in [0.25, 0.3) is 0 Å². The predicted molar refractivity (Wildman–Crippen MR) is 114 cm³/mol. The van der Waals surface area contributed by atoms with Crippen LogP contribution >= 0.6 is 0 Å². The van der Waals surface area contributed by atoms with Crippen LogP contribution in [0, 0.1) is 18.8 Å². The van der Waals surface area contributed by atoms with Crippen LogP contribution in [0.25, 0.3) is 0 Å². The van der Waals surface area contributed by atoms with Crippen molar-refractivity contribution < 1.29 is 14.3 Å². The zero-order valence-corrected chi connectivity index (χ0v) is 18.2. The van der Waals surface area contributed by atoms with E-state index < -0.39 is 0 Å². The Kier molecular flexibility index (Phi) is 5.71. The van der Waals surface area contributed by atoms with E-state index in [9.17, 15) is 4.79 Å². The number of aromatic nitrogens is 1. The normalized spacial score (nSPS) is 16.1. The lowest BCUT2D eigenvalue weighted by atomic mass is 9.73. The molecule has 3 rings (SSSR count). The summed E-state index contributed by atoms with van der Waals surface area (Å²) in [6.07, 6.45) is 2.80. The van der Waals surface area contributed by atoms with Crippen molar-refractivity contribution in [1.82, 2.24) is 4.98 Å². The molecule has 0 N–H and O–H groups in total. The molecule has 29 heavy (non-hydrogen) atoms. The smallest absolute Gasteiger partial charge is 0.310 e. The highest BCUT2D eigenvalue weighted by molar-refractivity contribution is 5.73. The van der Waals surface area contributed by atoms with Crippen molar-refractivity contribution in [3.63, 3.8) is 0 Å². The number of esters is 1. The fourth-order valence-corrected chi connectivity index (χ4v) is 4.11. The maximum Gasteiger partial charge on any atom is 0.310 e. The van der Waals surface area contributed by atoms with Crippen molar-refractivity contribution in [1.29, 1.82) is 0 Å². The Labute approximate surface area is 173 Å². The molecule has 1 aromatic heterocycles. The van der Waals surface area contributed by atoms with E-state index in [4.69, 9.17) is 9.47 Å². The first kappa shape index (κ1) is 20.9. The number of benzene rings is 1. The zero-order chi connectivity index (χ0) is 21.2. The molecule has 1 aliphatic heterocycles. The highest BCUT2D eigenvalue weighted by Crippen LogP contribution is 2.45. The van der Waals surface area contributed by atoms with Gasteiger partial charge >= 0.3 is 5.97 Å². The number of rotatable bonds is 3. The molecule has 0 saturated carbocycles. The molecule has 1 aliphatic rings. The maximum atomic E-state index is 11.9. The fraction of sp³-hybridized carbons (Fsp3) is 0.440. The van der Waals surface area contributed by atoms with Crippen LogP contribution in [-0.2, 0) is 21.4 Å². The largest absolute Gasteiger partial charge is 0.488 e. The Morgan fingerprint density at radius 2 is 2.00 bits per heavy atom. The van der Waals surface area contributed by atoms with E-state index in [0.29, 0.717) is 12.3 Å². The van der Waals surface area contributed by atoms with Gasteiger partial charge in [-0.2, -0.15) is 0 Å². The summed E-state index contributed by atoms with van der Waals surface area (Å²) in [5, 5.41) is 0. The molecule has 2 heterocycles. The average Bonchev–Trinajstić information content (AvgIpc) is 2.60. The number of aryl methyl sites for hydroxylation is 1. The number of hydrogen-bond acceptors (Lipinski definition) is 4. The highest BCUT2D eigenvalue weighted by Gasteiger charge is 2.39. The standard InChI is InChI=1S/C25H29NO3/c1-7-28-23(27)15-19-9-8-12-26-21(19)11-10-18-14-20-22(13-17(18)2)29-25(5,6)16-24(20,3)4/h8-9,12-14H,7,15-16H2,1-6H3. The minimum atomic E-state index is -0.268. The van der Waals surface area contributed by atoms with Crippen LogP contribution < -0.4 is 4.74 Å². The molecule has 1 aromatic carbocycles. The minimum absolute atomic E-state index is 0.00127. The van der Waals surface area contributed by atoms with E-state index in [1.165, 1.54) is 5.56 Å². The molecule has 0 bridgehead atoms. The summed E-state index contributed by atoms with van der Waals surface area (Å²) < 4.78 is 11.3. The van der Waals surface area contributed by atoms with E-state index in [1.54, 1.807) is 13.1 Å².